The lowest BCUT2D eigenvalue weighted by Gasteiger charge is -2.13. The van der Waals surface area contributed by atoms with E-state index >= 15 is 0 Å². The summed E-state index contributed by atoms with van der Waals surface area (Å²) in [4.78, 5) is 15.7. The number of hydrogen-bond donors (Lipinski definition) is 3. The SMILES string of the molecule is CN=C(NCCNC(=O)C1CC1)NCc1ccc(OC)c(OC)c1. The number of ether oxygens (including phenoxy) is 2. The fraction of sp³-hybridized carbons (Fsp3) is 0.529. The quantitative estimate of drug-likeness (QED) is 0.374. The van der Waals surface area contributed by atoms with Gasteiger partial charge in [0.1, 0.15) is 0 Å². The van der Waals surface area contributed by atoms with Gasteiger partial charge >= 0.3 is 0 Å². The lowest BCUT2D eigenvalue weighted by atomic mass is 10.2. The number of nitrogens with one attached hydrogen (secondary N) is 3. The van der Waals surface area contributed by atoms with Crippen LogP contribution in [-0.4, -0.2) is 46.2 Å². The monoisotopic (exact) mass is 334 g/mol. The second-order valence-corrected chi connectivity index (χ2v) is 5.61. The number of amides is 1. The van der Waals surface area contributed by atoms with Gasteiger partial charge in [-0.1, -0.05) is 6.07 Å². The van der Waals surface area contributed by atoms with Crippen molar-refractivity contribution in [1.29, 1.82) is 0 Å². The van der Waals surface area contributed by atoms with E-state index in [1.54, 1.807) is 21.3 Å². The molecule has 0 radical (unpaired) electrons. The predicted molar refractivity (Wildman–Crippen MR) is 93.5 cm³/mol. The highest BCUT2D eigenvalue weighted by atomic mass is 16.5. The Balaban J connectivity index is 1.73. The van der Waals surface area contributed by atoms with E-state index in [2.05, 4.69) is 20.9 Å². The van der Waals surface area contributed by atoms with Crippen LogP contribution in [-0.2, 0) is 11.3 Å². The molecule has 0 aromatic heterocycles. The summed E-state index contributed by atoms with van der Waals surface area (Å²) in [5.74, 6) is 2.49. The van der Waals surface area contributed by atoms with E-state index in [0.29, 0.717) is 37.1 Å². The van der Waals surface area contributed by atoms with E-state index in [1.165, 1.54) is 0 Å². The van der Waals surface area contributed by atoms with Crippen molar-refractivity contribution in [1.82, 2.24) is 16.0 Å². The highest BCUT2D eigenvalue weighted by molar-refractivity contribution is 5.81. The molecule has 1 amide bonds. The Kier molecular flexibility index (Phi) is 6.72. The van der Waals surface area contributed by atoms with Gasteiger partial charge in [0.2, 0.25) is 5.91 Å². The summed E-state index contributed by atoms with van der Waals surface area (Å²) < 4.78 is 10.5. The van der Waals surface area contributed by atoms with Crippen LogP contribution in [0.1, 0.15) is 18.4 Å². The lowest BCUT2D eigenvalue weighted by molar-refractivity contribution is -0.122. The number of hydrogen-bond acceptors (Lipinski definition) is 4. The van der Waals surface area contributed by atoms with Crippen molar-refractivity contribution in [2.75, 3.05) is 34.4 Å². The zero-order valence-corrected chi connectivity index (χ0v) is 14.5. The number of methoxy groups -OCH3 is 2. The molecule has 0 spiro atoms. The van der Waals surface area contributed by atoms with Gasteiger partial charge in [-0.25, -0.2) is 0 Å². The van der Waals surface area contributed by atoms with Crippen LogP contribution in [0.3, 0.4) is 0 Å². The Bertz CT molecular complexity index is 585. The Morgan fingerprint density at radius 1 is 1.12 bits per heavy atom. The summed E-state index contributed by atoms with van der Waals surface area (Å²) in [6.07, 6.45) is 2.04. The molecule has 0 heterocycles. The van der Waals surface area contributed by atoms with Crippen molar-refractivity contribution >= 4 is 11.9 Å². The van der Waals surface area contributed by atoms with Crippen LogP contribution in [0.15, 0.2) is 23.2 Å². The average Bonchev–Trinajstić information content (AvgIpc) is 3.45. The summed E-state index contributed by atoms with van der Waals surface area (Å²) in [5.41, 5.74) is 1.05. The first-order chi connectivity index (χ1) is 11.7. The molecular weight excluding hydrogens is 308 g/mol. The third kappa shape index (κ3) is 5.33. The highest BCUT2D eigenvalue weighted by Crippen LogP contribution is 2.28. The van der Waals surface area contributed by atoms with E-state index in [4.69, 9.17) is 9.47 Å². The minimum absolute atomic E-state index is 0.157. The molecule has 0 unspecified atom stereocenters. The van der Waals surface area contributed by atoms with Crippen LogP contribution in [0.2, 0.25) is 0 Å². The lowest BCUT2D eigenvalue weighted by Crippen LogP contribution is -2.41. The molecule has 0 atom stereocenters. The van der Waals surface area contributed by atoms with E-state index in [1.807, 2.05) is 18.2 Å². The molecule has 1 saturated carbocycles. The Hall–Kier alpha value is -2.44. The molecule has 7 nitrogen and oxygen atoms in total. The highest BCUT2D eigenvalue weighted by Gasteiger charge is 2.28. The first-order valence-corrected chi connectivity index (χ1v) is 8.11. The molecule has 1 aromatic carbocycles. The number of aliphatic imine (C=N–C) groups is 1. The van der Waals surface area contributed by atoms with Gasteiger partial charge in [-0.2, -0.15) is 0 Å². The van der Waals surface area contributed by atoms with Gasteiger partial charge in [0.25, 0.3) is 0 Å². The largest absolute Gasteiger partial charge is 0.493 e. The summed E-state index contributed by atoms with van der Waals surface area (Å²) in [6, 6.07) is 5.77. The van der Waals surface area contributed by atoms with E-state index in [9.17, 15) is 4.79 Å². The van der Waals surface area contributed by atoms with Crippen LogP contribution in [0.25, 0.3) is 0 Å². The minimum Gasteiger partial charge on any atom is -0.493 e. The Morgan fingerprint density at radius 3 is 2.46 bits per heavy atom. The molecule has 24 heavy (non-hydrogen) atoms. The number of carbonyl (C=O) groups excluding carboxylic acids is 1. The zero-order valence-electron chi connectivity index (χ0n) is 14.5. The minimum atomic E-state index is 0.157. The van der Waals surface area contributed by atoms with Crippen molar-refractivity contribution < 1.29 is 14.3 Å². The Morgan fingerprint density at radius 2 is 1.83 bits per heavy atom. The van der Waals surface area contributed by atoms with Gasteiger partial charge in [-0.05, 0) is 30.5 Å². The zero-order chi connectivity index (χ0) is 17.4. The van der Waals surface area contributed by atoms with Crippen LogP contribution in [0.5, 0.6) is 11.5 Å². The topological polar surface area (TPSA) is 84.0 Å². The van der Waals surface area contributed by atoms with Crippen molar-refractivity contribution in [3.8, 4) is 11.5 Å². The molecule has 7 heteroatoms. The van der Waals surface area contributed by atoms with E-state index < -0.39 is 0 Å². The third-order valence-corrected chi connectivity index (χ3v) is 3.80. The number of carbonyl (C=O) groups is 1. The van der Waals surface area contributed by atoms with Crippen molar-refractivity contribution in [2.45, 2.75) is 19.4 Å². The normalized spacial score (nSPS) is 14.0. The first kappa shape index (κ1) is 17.9. The molecule has 0 bridgehead atoms. The standard InChI is InChI=1S/C17H26N4O3/c1-18-17(20-9-8-19-16(22)13-5-6-13)21-11-12-4-7-14(23-2)15(10-12)24-3/h4,7,10,13H,5-6,8-9,11H2,1-3H3,(H,19,22)(H2,18,20,21). The molecule has 1 fully saturated rings. The molecular formula is C17H26N4O3. The van der Waals surface area contributed by atoms with Crippen LogP contribution >= 0.6 is 0 Å². The number of nitrogens with zero attached hydrogens (tertiary/aromatic N) is 1. The first-order valence-electron chi connectivity index (χ1n) is 8.11. The van der Waals surface area contributed by atoms with Gasteiger partial charge in [0, 0.05) is 32.6 Å². The van der Waals surface area contributed by atoms with Gasteiger partial charge in [0.15, 0.2) is 17.5 Å². The molecule has 1 aliphatic carbocycles. The molecule has 1 aliphatic rings. The van der Waals surface area contributed by atoms with E-state index in [-0.39, 0.29) is 11.8 Å². The van der Waals surface area contributed by atoms with Crippen molar-refractivity contribution in [3.05, 3.63) is 23.8 Å². The average molecular weight is 334 g/mol. The van der Waals surface area contributed by atoms with Gasteiger partial charge in [0.05, 0.1) is 14.2 Å². The second kappa shape index (κ2) is 9.00. The number of benzene rings is 1. The smallest absolute Gasteiger partial charge is 0.223 e. The Labute approximate surface area is 142 Å². The summed E-state index contributed by atoms with van der Waals surface area (Å²) in [5, 5.41) is 9.31. The fourth-order valence-electron chi connectivity index (χ4n) is 2.25. The van der Waals surface area contributed by atoms with E-state index in [0.717, 1.165) is 18.4 Å². The van der Waals surface area contributed by atoms with Gasteiger partial charge in [-0.15, -0.1) is 0 Å². The molecule has 0 aliphatic heterocycles. The van der Waals surface area contributed by atoms with Gasteiger partial charge < -0.3 is 25.4 Å². The van der Waals surface area contributed by atoms with Crippen LogP contribution < -0.4 is 25.4 Å². The second-order valence-electron chi connectivity index (χ2n) is 5.61. The summed E-state index contributed by atoms with van der Waals surface area (Å²) in [7, 11) is 4.95. The maximum absolute atomic E-state index is 11.5. The molecule has 2 rings (SSSR count). The number of rotatable bonds is 8. The summed E-state index contributed by atoms with van der Waals surface area (Å²) in [6.45, 7) is 1.82. The molecule has 1 aromatic rings. The van der Waals surface area contributed by atoms with Gasteiger partial charge in [-0.3, -0.25) is 9.79 Å². The molecule has 0 saturated heterocycles. The third-order valence-electron chi connectivity index (χ3n) is 3.80. The predicted octanol–water partition coefficient (Wildman–Crippen LogP) is 0.895. The maximum atomic E-state index is 11.5. The van der Waals surface area contributed by atoms with Crippen LogP contribution in [0, 0.1) is 5.92 Å². The number of guanidine groups is 1. The molecule has 3 N–H and O–H groups in total. The van der Waals surface area contributed by atoms with Crippen LogP contribution in [0.4, 0.5) is 0 Å². The fourth-order valence-corrected chi connectivity index (χ4v) is 2.25. The van der Waals surface area contributed by atoms with Crippen molar-refractivity contribution in [3.63, 3.8) is 0 Å². The molecule has 132 valence electrons. The van der Waals surface area contributed by atoms with Crippen molar-refractivity contribution in [2.24, 2.45) is 10.9 Å². The summed E-state index contributed by atoms with van der Waals surface area (Å²) >= 11 is 0. The maximum Gasteiger partial charge on any atom is 0.223 e.